The Balaban J connectivity index is 0.000000153. The molecular formula is C40H39BrClN7O10. The first kappa shape index (κ1) is 43.6. The molecule has 17 nitrogen and oxygen atoms in total. The number of fused-ring (bicyclic) bond motifs is 4. The molecule has 4 heterocycles. The van der Waals surface area contributed by atoms with Gasteiger partial charge in [-0.25, -0.2) is 9.63 Å². The van der Waals surface area contributed by atoms with Gasteiger partial charge in [-0.2, -0.15) is 5.26 Å². The first-order valence-corrected chi connectivity index (χ1v) is 19.0. The summed E-state index contributed by atoms with van der Waals surface area (Å²) in [5.41, 5.74) is 4.42. The predicted octanol–water partition coefficient (Wildman–Crippen LogP) is 5.97. The van der Waals surface area contributed by atoms with E-state index in [1.807, 2.05) is 48.5 Å². The average molecular weight is 893 g/mol. The molecule has 4 aromatic rings. The van der Waals surface area contributed by atoms with Crippen molar-refractivity contribution >= 4 is 80.2 Å². The lowest BCUT2D eigenvalue weighted by Gasteiger charge is -2.20. The van der Waals surface area contributed by atoms with Crippen LogP contribution in [0.1, 0.15) is 37.5 Å². The van der Waals surface area contributed by atoms with Gasteiger partial charge in [-0.05, 0) is 104 Å². The third-order valence-electron chi connectivity index (χ3n) is 7.78. The predicted molar refractivity (Wildman–Crippen MR) is 220 cm³/mol. The Hall–Kier alpha value is -6.55. The van der Waals surface area contributed by atoms with Crippen LogP contribution in [-0.2, 0) is 37.0 Å². The van der Waals surface area contributed by atoms with E-state index in [1.54, 1.807) is 51.1 Å². The second-order valence-electron chi connectivity index (χ2n) is 13.6. The van der Waals surface area contributed by atoms with Crippen LogP contribution >= 0.6 is 27.7 Å². The van der Waals surface area contributed by atoms with Crippen LogP contribution in [0, 0.1) is 11.3 Å². The van der Waals surface area contributed by atoms with E-state index >= 15 is 0 Å². The maximum absolute atomic E-state index is 11.5. The van der Waals surface area contributed by atoms with Gasteiger partial charge < -0.3 is 50.3 Å². The SMILES string of the molecule is CC(C)(C)OC(=O)NCc1ccc2c(c1)NC(=O)CO2.N#Cc1ccc2c(c1)NC(=O)CO2.O=C1COc2ccc(Br)cc2N1.O=C1COc2ccc(CNCl)cc2N1. The van der Waals surface area contributed by atoms with Crippen LogP contribution in [0.25, 0.3) is 0 Å². The van der Waals surface area contributed by atoms with Gasteiger partial charge in [0.1, 0.15) is 28.6 Å². The van der Waals surface area contributed by atoms with Crippen LogP contribution < -0.4 is 50.4 Å². The van der Waals surface area contributed by atoms with E-state index in [2.05, 4.69) is 47.3 Å². The quantitative estimate of drug-likeness (QED) is 0.130. The van der Waals surface area contributed by atoms with Gasteiger partial charge in [-0.15, -0.1) is 0 Å². The summed E-state index contributed by atoms with van der Waals surface area (Å²) in [7, 11) is 0. The van der Waals surface area contributed by atoms with E-state index in [0.717, 1.165) is 27.0 Å². The lowest BCUT2D eigenvalue weighted by atomic mass is 10.1. The summed E-state index contributed by atoms with van der Waals surface area (Å²) in [6, 6.07) is 23.3. The van der Waals surface area contributed by atoms with Gasteiger partial charge in [0, 0.05) is 17.6 Å². The maximum Gasteiger partial charge on any atom is 0.407 e. The van der Waals surface area contributed by atoms with Crippen molar-refractivity contribution in [1.82, 2.24) is 10.2 Å². The second-order valence-corrected chi connectivity index (χ2v) is 14.8. The molecule has 0 saturated carbocycles. The maximum atomic E-state index is 11.5. The molecule has 0 unspecified atom stereocenters. The number of carbonyl (C=O) groups excluding carboxylic acids is 5. The number of nitriles is 1. The summed E-state index contributed by atoms with van der Waals surface area (Å²) >= 11 is 8.68. The molecule has 4 aliphatic heterocycles. The largest absolute Gasteiger partial charge is 0.482 e. The zero-order valence-corrected chi connectivity index (χ0v) is 34.3. The molecule has 0 radical (unpaired) electrons. The number of ether oxygens (including phenoxy) is 5. The molecular weight excluding hydrogens is 854 g/mol. The summed E-state index contributed by atoms with van der Waals surface area (Å²) in [5, 5.41) is 22.0. The van der Waals surface area contributed by atoms with Crippen molar-refractivity contribution in [3.05, 3.63) is 94.0 Å². The van der Waals surface area contributed by atoms with Gasteiger partial charge in [0.15, 0.2) is 26.4 Å². The Morgan fingerprint density at radius 1 is 0.678 bits per heavy atom. The number of anilines is 4. The third-order valence-corrected chi connectivity index (χ3v) is 8.40. The molecule has 0 aromatic heterocycles. The summed E-state index contributed by atoms with van der Waals surface area (Å²) in [6.45, 7) is 6.54. The molecule has 4 aliphatic rings. The van der Waals surface area contributed by atoms with E-state index in [0.29, 0.717) is 53.0 Å². The van der Waals surface area contributed by atoms with Crippen molar-refractivity contribution in [2.45, 2.75) is 39.5 Å². The smallest absolute Gasteiger partial charge is 0.407 e. The van der Waals surface area contributed by atoms with E-state index < -0.39 is 11.7 Å². The van der Waals surface area contributed by atoms with Gasteiger partial charge >= 0.3 is 6.09 Å². The minimum Gasteiger partial charge on any atom is -0.482 e. The molecule has 5 amide bonds. The molecule has 0 saturated heterocycles. The van der Waals surface area contributed by atoms with Gasteiger partial charge in [0.25, 0.3) is 23.6 Å². The van der Waals surface area contributed by atoms with Crippen LogP contribution in [0.4, 0.5) is 27.5 Å². The van der Waals surface area contributed by atoms with Gasteiger partial charge in [0.2, 0.25) is 0 Å². The molecule has 0 atom stereocenters. The van der Waals surface area contributed by atoms with Crippen LogP contribution in [0.5, 0.6) is 23.0 Å². The molecule has 308 valence electrons. The van der Waals surface area contributed by atoms with E-state index in [-0.39, 0.29) is 50.1 Å². The van der Waals surface area contributed by atoms with Crippen molar-refractivity contribution in [1.29, 1.82) is 5.26 Å². The molecule has 19 heteroatoms. The van der Waals surface area contributed by atoms with Crippen molar-refractivity contribution < 1.29 is 47.7 Å². The average Bonchev–Trinajstić information content (AvgIpc) is 3.19. The fourth-order valence-corrected chi connectivity index (χ4v) is 5.77. The summed E-state index contributed by atoms with van der Waals surface area (Å²) in [5.74, 6) is 2.04. The number of hydrogen-bond acceptors (Lipinski definition) is 12. The number of benzene rings is 4. The van der Waals surface area contributed by atoms with E-state index in [4.69, 9.17) is 40.7 Å². The van der Waals surface area contributed by atoms with Crippen molar-refractivity contribution in [2.24, 2.45) is 0 Å². The minimum absolute atomic E-state index is 0.0303. The van der Waals surface area contributed by atoms with Gasteiger partial charge in [-0.1, -0.05) is 28.1 Å². The number of halogens is 2. The Labute approximate surface area is 352 Å². The Morgan fingerprint density at radius 2 is 1.08 bits per heavy atom. The van der Waals surface area contributed by atoms with Crippen LogP contribution in [-0.4, -0.2) is 61.8 Å². The summed E-state index contributed by atoms with van der Waals surface area (Å²) < 4.78 is 26.8. The number of rotatable bonds is 4. The highest BCUT2D eigenvalue weighted by molar-refractivity contribution is 9.10. The zero-order chi connectivity index (χ0) is 42.5. The molecule has 0 fully saturated rings. The first-order chi connectivity index (χ1) is 28.2. The highest BCUT2D eigenvalue weighted by atomic mass is 79.9. The molecule has 6 N–H and O–H groups in total. The Kier molecular flexibility index (Phi) is 14.9. The van der Waals surface area contributed by atoms with E-state index in [1.165, 1.54) is 0 Å². The number of alkyl carbamates (subject to hydrolysis) is 1. The number of hydrogen-bond donors (Lipinski definition) is 6. The van der Waals surface area contributed by atoms with Crippen LogP contribution in [0.15, 0.2) is 77.3 Å². The standard InChI is InChI=1S/C14H18N2O4.C9H9ClN2O2.C9H6N2O2.C8H6BrNO2/c1-14(2,3)20-13(18)15-7-9-4-5-11-10(6-9)16-12(17)8-19-11;10-11-4-6-1-2-8-7(3-6)12-9(13)5-14-8;10-4-6-1-2-8-7(3-6)11-9(12)5-13-8;9-5-1-2-7-6(3-5)10-8(11)4-12-7/h4-6H,7-8H2,1-3H3,(H,15,18)(H,16,17);1-3,11H,4-5H2,(H,12,13);1-3H,5H2,(H,11,12);1-3H,4H2,(H,10,11). The normalized spacial score (nSPS) is 14.0. The number of nitrogens with zero attached hydrogens (tertiary/aromatic N) is 1. The van der Waals surface area contributed by atoms with Crippen molar-refractivity contribution in [3.63, 3.8) is 0 Å². The molecule has 0 spiro atoms. The third kappa shape index (κ3) is 13.5. The van der Waals surface area contributed by atoms with Crippen LogP contribution in [0.2, 0.25) is 0 Å². The van der Waals surface area contributed by atoms with Crippen molar-refractivity contribution in [3.8, 4) is 29.1 Å². The van der Waals surface area contributed by atoms with Crippen molar-refractivity contribution in [2.75, 3.05) is 47.7 Å². The fraction of sp³-hybridized carbons (Fsp3) is 0.250. The van der Waals surface area contributed by atoms with Gasteiger partial charge in [0.05, 0.1) is 34.4 Å². The van der Waals surface area contributed by atoms with Crippen LogP contribution in [0.3, 0.4) is 0 Å². The number of carbonyl (C=O) groups is 5. The molecule has 59 heavy (non-hydrogen) atoms. The fourth-order valence-electron chi connectivity index (χ4n) is 5.25. The minimum atomic E-state index is -0.526. The lowest BCUT2D eigenvalue weighted by molar-refractivity contribution is -0.119. The highest BCUT2D eigenvalue weighted by Gasteiger charge is 2.20. The Morgan fingerprint density at radius 3 is 1.53 bits per heavy atom. The van der Waals surface area contributed by atoms with E-state index in [9.17, 15) is 24.0 Å². The lowest BCUT2D eigenvalue weighted by Crippen LogP contribution is -2.32. The molecule has 0 aliphatic carbocycles. The summed E-state index contributed by atoms with van der Waals surface area (Å²) in [6.07, 6.45) is -0.476. The number of nitrogens with one attached hydrogen (secondary N) is 6. The topological polar surface area (TPSA) is 227 Å². The first-order valence-electron chi connectivity index (χ1n) is 17.8. The molecule has 0 bridgehead atoms. The zero-order valence-electron chi connectivity index (χ0n) is 32.0. The number of amides is 5. The molecule has 4 aromatic carbocycles. The Bertz CT molecular complexity index is 2280. The highest BCUT2D eigenvalue weighted by Crippen LogP contribution is 2.31. The molecule has 8 rings (SSSR count). The summed E-state index contributed by atoms with van der Waals surface area (Å²) in [4.78, 5) is 58.1. The van der Waals surface area contributed by atoms with Gasteiger partial charge in [-0.3, -0.25) is 19.2 Å². The monoisotopic (exact) mass is 891 g/mol. The second kappa shape index (κ2) is 20.2.